The third-order valence-electron chi connectivity index (χ3n) is 3.58. The van der Waals surface area contributed by atoms with Crippen molar-refractivity contribution >= 4 is 11.8 Å². The molecule has 1 fully saturated rings. The van der Waals surface area contributed by atoms with E-state index in [1.807, 2.05) is 4.90 Å². The Kier molecular flexibility index (Phi) is 5.16. The van der Waals surface area contributed by atoms with Crippen LogP contribution in [0.1, 0.15) is 13.3 Å². The summed E-state index contributed by atoms with van der Waals surface area (Å²) in [6.07, 6.45) is -2.51. The Morgan fingerprint density at radius 3 is 2.89 bits per heavy atom. The monoisotopic (exact) mass is 460 g/mol. The van der Waals surface area contributed by atoms with Crippen LogP contribution >= 0.6 is 0 Å². The average Bonchev–Trinajstić information content (AvgIpc) is 2.40. The zero-order valence-corrected chi connectivity index (χ0v) is 16.4. The number of piperidine rings is 1. The number of hydrogen-bond acceptors (Lipinski definition) is 7. The van der Waals surface area contributed by atoms with E-state index in [2.05, 4.69) is 4.99 Å². The molecule has 19 heavy (non-hydrogen) atoms. The van der Waals surface area contributed by atoms with Gasteiger partial charge in [-0.2, -0.15) is 0 Å². The normalized spacial score (nSPS) is 34.1. The number of hydrogen-bond donors (Lipinski definition) is 3. The van der Waals surface area contributed by atoms with Gasteiger partial charge >= 0.3 is 124 Å². The first-order chi connectivity index (χ1) is 9.02. The molecule has 0 radical (unpaired) electrons. The van der Waals surface area contributed by atoms with Crippen LogP contribution in [0.15, 0.2) is 4.99 Å². The van der Waals surface area contributed by atoms with Crippen molar-refractivity contribution in [2.24, 2.45) is 4.99 Å². The number of nitrogens with zero attached hydrogens (tertiary/aromatic N) is 2. The molecule has 2 rings (SSSR count). The summed E-state index contributed by atoms with van der Waals surface area (Å²) >= 11 is -1.86. The van der Waals surface area contributed by atoms with Crippen LogP contribution in [0.2, 0.25) is 3.93 Å². The molecule has 3 N–H and O–H groups in total. The molecule has 0 amide bonds. The van der Waals surface area contributed by atoms with E-state index in [9.17, 15) is 20.1 Å². The number of aliphatic hydroxyl groups is 3. The second-order valence-electron chi connectivity index (χ2n) is 4.91. The Morgan fingerprint density at radius 2 is 2.21 bits per heavy atom. The van der Waals surface area contributed by atoms with Crippen LogP contribution in [-0.4, -0.2) is 69.5 Å². The zero-order chi connectivity index (χ0) is 14.0. The fourth-order valence-electron chi connectivity index (χ4n) is 2.64. The second kappa shape index (κ2) is 6.47. The van der Waals surface area contributed by atoms with E-state index in [1.54, 1.807) is 0 Å². The molecule has 0 aromatic heterocycles. The van der Waals surface area contributed by atoms with Gasteiger partial charge in [0.2, 0.25) is 0 Å². The summed E-state index contributed by atoms with van der Waals surface area (Å²) < 4.78 is 5.71. The number of aliphatic imine (C=N–C) groups is 1. The molecular weight excluding hydrogens is 441 g/mol. The number of carbonyl (C=O) groups excluding carboxylic acids is 1. The molecule has 2 aliphatic heterocycles. The van der Waals surface area contributed by atoms with Crippen molar-refractivity contribution in [2.75, 3.05) is 13.1 Å². The van der Waals surface area contributed by atoms with E-state index >= 15 is 0 Å². The van der Waals surface area contributed by atoms with Crippen molar-refractivity contribution in [3.8, 4) is 0 Å². The molecule has 0 spiro atoms. The van der Waals surface area contributed by atoms with Crippen molar-refractivity contribution in [1.82, 2.24) is 4.90 Å². The second-order valence-corrected chi connectivity index (χ2v) is 9.86. The van der Waals surface area contributed by atoms with Gasteiger partial charge in [0.1, 0.15) is 0 Å². The SMILES string of the molecule is CC(=O)[O][Hg][CH2][C@H]1[C@@H](O)[C@H](O)[C@H](O)C2=NCCCN21. The first-order valence-corrected chi connectivity index (χ1v) is 12.6. The summed E-state index contributed by atoms with van der Waals surface area (Å²) in [6, 6.07) is -0.293. The number of amidine groups is 1. The molecule has 0 aromatic carbocycles. The van der Waals surface area contributed by atoms with Crippen LogP contribution in [0.25, 0.3) is 0 Å². The molecule has 4 atom stereocenters. The van der Waals surface area contributed by atoms with Gasteiger partial charge in [-0.15, -0.1) is 0 Å². The molecule has 2 aliphatic rings. The van der Waals surface area contributed by atoms with E-state index in [0.29, 0.717) is 22.9 Å². The molecule has 2 heterocycles. The van der Waals surface area contributed by atoms with Gasteiger partial charge in [-0.1, -0.05) is 0 Å². The summed E-state index contributed by atoms with van der Waals surface area (Å²) in [7, 11) is 0. The van der Waals surface area contributed by atoms with Crippen LogP contribution in [0.4, 0.5) is 0 Å². The fraction of sp³-hybridized carbons (Fsp3) is 0.818. The molecule has 8 heteroatoms. The van der Waals surface area contributed by atoms with Gasteiger partial charge in [-0.3, -0.25) is 0 Å². The van der Waals surface area contributed by atoms with Gasteiger partial charge in [-0.05, 0) is 0 Å². The predicted molar refractivity (Wildman–Crippen MR) is 62.0 cm³/mol. The van der Waals surface area contributed by atoms with Gasteiger partial charge in [0.05, 0.1) is 0 Å². The van der Waals surface area contributed by atoms with Crippen molar-refractivity contribution < 1.29 is 47.8 Å². The molecule has 0 bridgehead atoms. The van der Waals surface area contributed by atoms with Crippen molar-refractivity contribution in [3.63, 3.8) is 0 Å². The van der Waals surface area contributed by atoms with Crippen LogP contribution in [0, 0.1) is 0 Å². The summed E-state index contributed by atoms with van der Waals surface area (Å²) in [5.41, 5.74) is 0. The topological polar surface area (TPSA) is 103 Å². The number of rotatable bonds is 3. The molecule has 0 unspecified atom stereocenters. The summed E-state index contributed by atoms with van der Waals surface area (Å²) in [6.45, 7) is 2.72. The molecule has 0 saturated carbocycles. The van der Waals surface area contributed by atoms with Crippen molar-refractivity contribution in [3.05, 3.63) is 0 Å². The van der Waals surface area contributed by atoms with Crippen LogP contribution < -0.4 is 0 Å². The Bertz CT molecular complexity index is 378. The van der Waals surface area contributed by atoms with E-state index in [1.165, 1.54) is 6.92 Å². The maximum absolute atomic E-state index is 10.8. The molecule has 1 saturated heterocycles. The third-order valence-corrected chi connectivity index (χ3v) is 9.17. The van der Waals surface area contributed by atoms with E-state index in [0.717, 1.165) is 6.42 Å². The quantitative estimate of drug-likeness (QED) is 0.447. The molecule has 104 valence electrons. The number of carbonyl (C=O) groups is 1. The minimum absolute atomic E-state index is 0.278. The molecular formula is C11H18HgN2O5. The molecule has 0 aromatic rings. The van der Waals surface area contributed by atoms with Gasteiger partial charge in [-0.25, -0.2) is 0 Å². The standard InChI is InChI=1S/C9H15N2O3.C2H4O2.Hg/c1-5-6(12)7(13)8(14)9-10-3-2-4-11(5)9;1-2(3)4;/h5-8,12-14H,1-4H2;1H3,(H,3,4);/q;;+1/p-1/t5-,6+,7-,8-;;/m0../s1. The fourth-order valence-corrected chi connectivity index (χ4v) is 7.69. The summed E-state index contributed by atoms with van der Waals surface area (Å²) in [5, 5.41) is 29.9. The van der Waals surface area contributed by atoms with Crippen molar-refractivity contribution in [1.29, 1.82) is 0 Å². The summed E-state index contributed by atoms with van der Waals surface area (Å²) in [5.74, 6) is 0.186. The molecule has 0 aliphatic carbocycles. The first-order valence-electron chi connectivity index (χ1n) is 6.51. The molecule has 7 nitrogen and oxygen atoms in total. The van der Waals surface area contributed by atoms with Gasteiger partial charge in [0, 0.05) is 0 Å². The van der Waals surface area contributed by atoms with Gasteiger partial charge in [0.25, 0.3) is 0 Å². The van der Waals surface area contributed by atoms with Crippen molar-refractivity contribution in [2.45, 2.75) is 41.6 Å². The van der Waals surface area contributed by atoms with Crippen LogP contribution in [0.3, 0.4) is 0 Å². The summed E-state index contributed by atoms with van der Waals surface area (Å²) in [4.78, 5) is 16.9. The Hall–Kier alpha value is -0.245. The van der Waals surface area contributed by atoms with Gasteiger partial charge in [0.15, 0.2) is 0 Å². The van der Waals surface area contributed by atoms with E-state index < -0.39 is 43.3 Å². The predicted octanol–water partition coefficient (Wildman–Crippen LogP) is -1.47. The minimum atomic E-state index is -1.86. The average molecular weight is 459 g/mol. The Morgan fingerprint density at radius 1 is 1.47 bits per heavy atom. The van der Waals surface area contributed by atoms with E-state index in [4.69, 9.17) is 2.64 Å². The number of aliphatic hydroxyl groups excluding tert-OH is 3. The first kappa shape index (κ1) is 15.1. The Labute approximate surface area is 124 Å². The van der Waals surface area contributed by atoms with Crippen LogP contribution in [-0.2, 0) is 32.5 Å². The number of fused-ring (bicyclic) bond motifs is 1. The zero-order valence-electron chi connectivity index (χ0n) is 10.9. The maximum atomic E-state index is 10.8. The van der Waals surface area contributed by atoms with Gasteiger partial charge < -0.3 is 0 Å². The third kappa shape index (κ3) is 3.26. The van der Waals surface area contributed by atoms with E-state index in [-0.39, 0.29) is 12.0 Å². The van der Waals surface area contributed by atoms with Crippen LogP contribution in [0.5, 0.6) is 0 Å². The Balaban J connectivity index is 2.08.